The number of likely N-dealkylation sites (tertiary alicyclic amines) is 1. The van der Waals surface area contributed by atoms with Gasteiger partial charge in [-0.2, -0.15) is 0 Å². The van der Waals surface area contributed by atoms with Crippen LogP contribution < -0.4 is 5.32 Å². The lowest BCUT2D eigenvalue weighted by Crippen LogP contribution is -2.33. The number of sulfone groups is 1. The van der Waals surface area contributed by atoms with Crippen LogP contribution in [0.25, 0.3) is 10.9 Å². The number of hydrogen-bond acceptors (Lipinski definition) is 3. The topological polar surface area (TPSA) is 82.3 Å². The Kier molecular flexibility index (Phi) is 4.06. The first kappa shape index (κ1) is 15.9. The fourth-order valence-corrected chi connectivity index (χ4v) is 4.27. The Bertz CT molecular complexity index is 841. The number of hydrogen-bond donors (Lipinski definition) is 2. The predicted molar refractivity (Wildman–Crippen MR) is 91.4 cm³/mol. The van der Waals surface area contributed by atoms with Crippen LogP contribution in [0.5, 0.6) is 0 Å². The second kappa shape index (κ2) is 5.88. The number of nitrogens with zero attached hydrogens (tertiary/aromatic N) is 1. The third-order valence-corrected chi connectivity index (χ3v) is 5.20. The highest BCUT2D eigenvalue weighted by molar-refractivity contribution is 7.90. The first-order valence-corrected chi connectivity index (χ1v) is 9.69. The Balaban J connectivity index is 1.64. The molecule has 7 heteroatoms. The van der Waals surface area contributed by atoms with Gasteiger partial charge in [-0.3, -0.25) is 0 Å². The average Bonchev–Trinajstić information content (AvgIpc) is 3.01. The van der Waals surface area contributed by atoms with Crippen molar-refractivity contribution in [1.29, 1.82) is 0 Å². The Morgan fingerprint density at radius 3 is 2.91 bits per heavy atom. The van der Waals surface area contributed by atoms with E-state index in [0.717, 1.165) is 28.7 Å². The van der Waals surface area contributed by atoms with E-state index in [1.807, 2.05) is 31.2 Å². The van der Waals surface area contributed by atoms with E-state index in [2.05, 4.69) is 10.3 Å². The number of aromatic amines is 1. The van der Waals surface area contributed by atoms with Gasteiger partial charge in [-0.25, -0.2) is 13.2 Å². The Morgan fingerprint density at radius 1 is 1.39 bits per heavy atom. The molecular formula is C16H21N3O3S. The van der Waals surface area contributed by atoms with Gasteiger partial charge >= 0.3 is 6.03 Å². The van der Waals surface area contributed by atoms with Crippen LogP contribution in [0.3, 0.4) is 0 Å². The number of aromatic nitrogens is 1. The van der Waals surface area contributed by atoms with Gasteiger partial charge < -0.3 is 15.2 Å². The monoisotopic (exact) mass is 335 g/mol. The number of aryl methyl sites for hydroxylation is 1. The lowest BCUT2D eigenvalue weighted by molar-refractivity contribution is 0.221. The average molecular weight is 335 g/mol. The summed E-state index contributed by atoms with van der Waals surface area (Å²) in [5.41, 5.74) is 2.86. The fourth-order valence-electron chi connectivity index (χ4n) is 3.14. The van der Waals surface area contributed by atoms with Crippen LogP contribution in [-0.2, 0) is 9.84 Å². The molecule has 0 spiro atoms. The smallest absolute Gasteiger partial charge is 0.321 e. The lowest BCUT2D eigenvalue weighted by Gasteiger charge is -2.17. The van der Waals surface area contributed by atoms with Crippen LogP contribution >= 0.6 is 0 Å². The van der Waals surface area contributed by atoms with Gasteiger partial charge in [0.1, 0.15) is 9.84 Å². The molecule has 0 radical (unpaired) electrons. The SMILES string of the molecule is Cc1cc2cc(NC(=O)N3CCC(CS(C)(=O)=O)C3)ccc2[nH]1. The van der Waals surface area contributed by atoms with Gasteiger partial charge in [-0.15, -0.1) is 0 Å². The van der Waals surface area contributed by atoms with E-state index in [4.69, 9.17) is 0 Å². The van der Waals surface area contributed by atoms with Crippen molar-refractivity contribution in [1.82, 2.24) is 9.88 Å². The molecule has 2 N–H and O–H groups in total. The van der Waals surface area contributed by atoms with Crippen molar-refractivity contribution in [3.05, 3.63) is 30.0 Å². The quantitative estimate of drug-likeness (QED) is 0.903. The van der Waals surface area contributed by atoms with Crippen molar-refractivity contribution in [3.63, 3.8) is 0 Å². The number of carbonyl (C=O) groups is 1. The molecule has 1 aromatic heterocycles. The first-order valence-electron chi connectivity index (χ1n) is 7.63. The van der Waals surface area contributed by atoms with E-state index in [1.165, 1.54) is 6.26 Å². The molecule has 23 heavy (non-hydrogen) atoms. The number of amides is 2. The second-order valence-electron chi connectivity index (χ2n) is 6.38. The van der Waals surface area contributed by atoms with Crippen LogP contribution in [0.4, 0.5) is 10.5 Å². The zero-order valence-electron chi connectivity index (χ0n) is 13.3. The Hall–Kier alpha value is -2.02. The van der Waals surface area contributed by atoms with Crippen molar-refractivity contribution < 1.29 is 13.2 Å². The molecule has 124 valence electrons. The zero-order valence-corrected chi connectivity index (χ0v) is 14.1. The van der Waals surface area contributed by atoms with E-state index in [0.29, 0.717) is 13.1 Å². The van der Waals surface area contributed by atoms with Crippen LogP contribution in [-0.4, -0.2) is 49.4 Å². The number of fused-ring (bicyclic) bond motifs is 1. The summed E-state index contributed by atoms with van der Waals surface area (Å²) in [6, 6.07) is 7.59. The standard InChI is InChI=1S/C16H21N3O3S/c1-11-7-13-8-14(3-4-15(13)17-11)18-16(20)19-6-5-12(9-19)10-23(2,21)22/h3-4,7-8,12,17H,5-6,9-10H2,1-2H3,(H,18,20). The van der Waals surface area contributed by atoms with Crippen LogP contribution in [0.15, 0.2) is 24.3 Å². The molecule has 1 unspecified atom stereocenters. The number of rotatable bonds is 3. The van der Waals surface area contributed by atoms with Gasteiger partial charge in [0.05, 0.1) is 5.75 Å². The molecule has 2 heterocycles. The fraction of sp³-hybridized carbons (Fsp3) is 0.438. The van der Waals surface area contributed by atoms with E-state index in [1.54, 1.807) is 4.90 Å². The van der Waals surface area contributed by atoms with E-state index in [-0.39, 0.29) is 17.7 Å². The Morgan fingerprint density at radius 2 is 2.17 bits per heavy atom. The normalized spacial score (nSPS) is 18.5. The van der Waals surface area contributed by atoms with E-state index in [9.17, 15) is 13.2 Å². The summed E-state index contributed by atoms with van der Waals surface area (Å²) < 4.78 is 22.7. The van der Waals surface area contributed by atoms with E-state index < -0.39 is 9.84 Å². The summed E-state index contributed by atoms with van der Waals surface area (Å²) in [5.74, 6) is 0.177. The van der Waals surface area contributed by atoms with Crippen molar-refractivity contribution in [2.24, 2.45) is 5.92 Å². The second-order valence-corrected chi connectivity index (χ2v) is 8.56. The maximum Gasteiger partial charge on any atom is 0.321 e. The highest BCUT2D eigenvalue weighted by atomic mass is 32.2. The largest absolute Gasteiger partial charge is 0.359 e. The minimum atomic E-state index is -3.00. The number of nitrogens with one attached hydrogen (secondary N) is 2. The van der Waals surface area contributed by atoms with Gasteiger partial charge in [0.15, 0.2) is 0 Å². The Labute approximate surface area is 135 Å². The molecule has 0 saturated carbocycles. The molecule has 1 aromatic carbocycles. The molecule has 2 aromatic rings. The predicted octanol–water partition coefficient (Wildman–Crippen LogP) is 2.37. The third-order valence-electron chi connectivity index (χ3n) is 4.12. The zero-order chi connectivity index (χ0) is 16.6. The summed E-state index contributed by atoms with van der Waals surface area (Å²) in [6.07, 6.45) is 1.97. The number of urea groups is 1. The summed E-state index contributed by atoms with van der Waals surface area (Å²) in [5, 5.41) is 3.94. The summed E-state index contributed by atoms with van der Waals surface area (Å²) in [7, 11) is -3.00. The number of carbonyl (C=O) groups excluding carboxylic acids is 1. The van der Waals surface area contributed by atoms with Gasteiger partial charge in [-0.05, 0) is 43.5 Å². The molecule has 6 nitrogen and oxygen atoms in total. The molecular weight excluding hydrogens is 314 g/mol. The van der Waals surface area contributed by atoms with Gasteiger partial charge in [-0.1, -0.05) is 0 Å². The molecule has 2 amide bonds. The molecule has 1 aliphatic rings. The van der Waals surface area contributed by atoms with Crippen molar-refractivity contribution in [2.75, 3.05) is 30.4 Å². The summed E-state index contributed by atoms with van der Waals surface area (Å²) in [6.45, 7) is 3.08. The lowest BCUT2D eigenvalue weighted by atomic mass is 10.2. The molecule has 3 rings (SSSR count). The maximum atomic E-state index is 12.3. The van der Waals surface area contributed by atoms with Crippen molar-refractivity contribution >= 4 is 32.5 Å². The van der Waals surface area contributed by atoms with Crippen LogP contribution in [0, 0.1) is 12.8 Å². The maximum absolute atomic E-state index is 12.3. The number of anilines is 1. The van der Waals surface area contributed by atoms with Gasteiger partial charge in [0, 0.05) is 41.6 Å². The molecule has 1 fully saturated rings. The third kappa shape index (κ3) is 3.85. The minimum Gasteiger partial charge on any atom is -0.359 e. The van der Waals surface area contributed by atoms with Crippen molar-refractivity contribution in [3.8, 4) is 0 Å². The molecule has 0 bridgehead atoms. The highest BCUT2D eigenvalue weighted by Crippen LogP contribution is 2.22. The number of H-pyrrole nitrogens is 1. The summed E-state index contributed by atoms with van der Waals surface area (Å²) >= 11 is 0. The summed E-state index contributed by atoms with van der Waals surface area (Å²) in [4.78, 5) is 17.2. The molecule has 1 saturated heterocycles. The van der Waals surface area contributed by atoms with E-state index >= 15 is 0 Å². The highest BCUT2D eigenvalue weighted by Gasteiger charge is 2.28. The van der Waals surface area contributed by atoms with Crippen LogP contribution in [0.2, 0.25) is 0 Å². The minimum absolute atomic E-state index is 0.0329. The number of benzene rings is 1. The first-order chi connectivity index (χ1) is 10.8. The van der Waals surface area contributed by atoms with Gasteiger partial charge in [0.2, 0.25) is 0 Å². The van der Waals surface area contributed by atoms with Crippen molar-refractivity contribution in [2.45, 2.75) is 13.3 Å². The molecule has 1 aliphatic heterocycles. The molecule has 0 aliphatic carbocycles. The van der Waals surface area contributed by atoms with Gasteiger partial charge in [0.25, 0.3) is 0 Å². The molecule has 1 atom stereocenters. The van der Waals surface area contributed by atoms with Crippen LogP contribution in [0.1, 0.15) is 12.1 Å².